The van der Waals surface area contributed by atoms with Crippen molar-refractivity contribution in [1.29, 1.82) is 0 Å². The van der Waals surface area contributed by atoms with Gasteiger partial charge >= 0.3 is 0 Å². The molecule has 0 radical (unpaired) electrons. The molecule has 27 heavy (non-hydrogen) atoms. The number of carbonyl (C=O) groups excluding carboxylic acids is 2. The van der Waals surface area contributed by atoms with Crippen LogP contribution >= 0.6 is 11.3 Å². The summed E-state index contributed by atoms with van der Waals surface area (Å²) in [5.41, 5.74) is 0.761. The van der Waals surface area contributed by atoms with E-state index in [2.05, 4.69) is 10.3 Å². The molecule has 8 nitrogen and oxygen atoms in total. The molecule has 3 heterocycles. The van der Waals surface area contributed by atoms with Crippen molar-refractivity contribution in [2.75, 3.05) is 30.5 Å². The molecule has 10 heteroatoms. The number of benzene rings is 1. The van der Waals surface area contributed by atoms with Gasteiger partial charge in [-0.25, -0.2) is 13.4 Å². The van der Waals surface area contributed by atoms with Crippen molar-refractivity contribution in [3.8, 4) is 5.75 Å². The highest BCUT2D eigenvalue weighted by Crippen LogP contribution is 2.31. The van der Waals surface area contributed by atoms with Crippen molar-refractivity contribution in [3.63, 3.8) is 0 Å². The molecular weight excluding hydrogens is 390 g/mol. The van der Waals surface area contributed by atoms with E-state index in [9.17, 15) is 18.0 Å². The highest BCUT2D eigenvalue weighted by Gasteiger charge is 2.42. The molecule has 2 saturated heterocycles. The number of hydrogen-bond donors (Lipinski definition) is 1. The number of rotatable bonds is 4. The molecule has 0 spiro atoms. The minimum Gasteiger partial charge on any atom is -0.497 e. The first-order chi connectivity index (χ1) is 12.8. The number of nitrogens with zero attached hydrogens (tertiary/aromatic N) is 2. The lowest BCUT2D eigenvalue weighted by atomic mass is 10.1. The quantitative estimate of drug-likeness (QED) is 0.815. The molecule has 2 aliphatic rings. The van der Waals surface area contributed by atoms with Crippen LogP contribution in [0.25, 0.3) is 10.2 Å². The van der Waals surface area contributed by atoms with Gasteiger partial charge in [0.15, 0.2) is 15.0 Å². The lowest BCUT2D eigenvalue weighted by Gasteiger charge is -2.22. The lowest BCUT2D eigenvalue weighted by molar-refractivity contribution is -0.129. The molecule has 1 N–H and O–H groups in total. The molecule has 2 amide bonds. The summed E-state index contributed by atoms with van der Waals surface area (Å²) in [6, 6.07) is 5.16. The number of sulfone groups is 1. The minimum absolute atomic E-state index is 0.00716. The van der Waals surface area contributed by atoms with Crippen molar-refractivity contribution < 1.29 is 22.7 Å². The number of hydrogen-bond acceptors (Lipinski definition) is 7. The molecule has 4 rings (SSSR count). The van der Waals surface area contributed by atoms with Crippen LogP contribution < -0.4 is 10.1 Å². The molecule has 2 atom stereocenters. The second kappa shape index (κ2) is 6.75. The van der Waals surface area contributed by atoms with E-state index in [1.807, 2.05) is 12.1 Å². The first-order valence-corrected chi connectivity index (χ1v) is 11.2. The molecule has 1 aromatic carbocycles. The lowest BCUT2D eigenvalue weighted by Crippen LogP contribution is -2.38. The van der Waals surface area contributed by atoms with Gasteiger partial charge in [-0.1, -0.05) is 11.3 Å². The number of ether oxygens (including phenoxy) is 1. The number of anilines is 1. The topological polar surface area (TPSA) is 106 Å². The van der Waals surface area contributed by atoms with Crippen LogP contribution in [0.5, 0.6) is 5.75 Å². The molecule has 2 aliphatic heterocycles. The average molecular weight is 409 g/mol. The fourth-order valence-corrected chi connectivity index (χ4v) is 6.20. The van der Waals surface area contributed by atoms with Gasteiger partial charge in [-0.15, -0.1) is 0 Å². The van der Waals surface area contributed by atoms with E-state index in [1.54, 1.807) is 18.1 Å². The van der Waals surface area contributed by atoms with Crippen LogP contribution in [0.15, 0.2) is 18.2 Å². The monoisotopic (exact) mass is 409 g/mol. The number of fused-ring (bicyclic) bond motifs is 1. The Morgan fingerprint density at radius 1 is 1.41 bits per heavy atom. The number of carbonyl (C=O) groups is 2. The van der Waals surface area contributed by atoms with Crippen molar-refractivity contribution in [1.82, 2.24) is 9.88 Å². The van der Waals surface area contributed by atoms with Gasteiger partial charge in [0, 0.05) is 19.0 Å². The van der Waals surface area contributed by atoms with E-state index in [4.69, 9.17) is 4.74 Å². The van der Waals surface area contributed by atoms with Crippen molar-refractivity contribution >= 4 is 48.3 Å². The van der Waals surface area contributed by atoms with Crippen LogP contribution in [-0.4, -0.2) is 61.3 Å². The first kappa shape index (κ1) is 18.2. The number of amides is 2. The van der Waals surface area contributed by atoms with Crippen LogP contribution in [-0.2, 0) is 19.4 Å². The smallest absolute Gasteiger partial charge is 0.231 e. The highest BCUT2D eigenvalue weighted by atomic mass is 32.2. The normalized spacial score (nSPS) is 24.5. The SMILES string of the molecule is COc1ccc2nc(NC(=O)[C@@H]3CC(=O)N([C@H]4CCS(=O)(=O)C4)C3)sc2c1. The Balaban J connectivity index is 1.44. The van der Waals surface area contributed by atoms with Gasteiger partial charge in [-0.2, -0.15) is 0 Å². The van der Waals surface area contributed by atoms with E-state index < -0.39 is 15.8 Å². The second-order valence-electron chi connectivity index (χ2n) is 6.85. The van der Waals surface area contributed by atoms with E-state index in [-0.39, 0.29) is 42.3 Å². The zero-order valence-electron chi connectivity index (χ0n) is 14.7. The second-order valence-corrected chi connectivity index (χ2v) is 10.1. The minimum atomic E-state index is -3.08. The molecule has 2 fully saturated rings. The molecule has 0 unspecified atom stereocenters. The molecule has 1 aromatic heterocycles. The molecule has 144 valence electrons. The van der Waals surface area contributed by atoms with E-state index in [1.165, 1.54) is 11.3 Å². The Hall–Kier alpha value is -2.20. The van der Waals surface area contributed by atoms with Crippen LogP contribution in [0.4, 0.5) is 5.13 Å². The fraction of sp³-hybridized carbons (Fsp3) is 0.471. The molecule has 0 saturated carbocycles. The predicted octanol–water partition coefficient (Wildman–Crippen LogP) is 1.28. The zero-order valence-corrected chi connectivity index (χ0v) is 16.3. The third-order valence-electron chi connectivity index (χ3n) is 5.00. The molecule has 0 aliphatic carbocycles. The van der Waals surface area contributed by atoms with Crippen molar-refractivity contribution in [2.24, 2.45) is 5.92 Å². The number of nitrogens with one attached hydrogen (secondary N) is 1. The van der Waals surface area contributed by atoms with Crippen molar-refractivity contribution in [3.05, 3.63) is 18.2 Å². The summed E-state index contributed by atoms with van der Waals surface area (Å²) in [4.78, 5) is 30.8. The molecule has 2 aromatic rings. The summed E-state index contributed by atoms with van der Waals surface area (Å²) in [6.45, 7) is 0.254. The maximum Gasteiger partial charge on any atom is 0.231 e. The van der Waals surface area contributed by atoms with Crippen LogP contribution in [0.1, 0.15) is 12.8 Å². The summed E-state index contributed by atoms with van der Waals surface area (Å²) in [6.07, 6.45) is 0.545. The van der Waals surface area contributed by atoms with E-state index >= 15 is 0 Å². The van der Waals surface area contributed by atoms with Gasteiger partial charge in [-0.05, 0) is 24.6 Å². The van der Waals surface area contributed by atoms with Gasteiger partial charge < -0.3 is 15.0 Å². The number of likely N-dealkylation sites (tertiary alicyclic amines) is 1. The predicted molar refractivity (Wildman–Crippen MR) is 102 cm³/mol. The third kappa shape index (κ3) is 3.63. The van der Waals surface area contributed by atoms with Gasteiger partial charge in [0.25, 0.3) is 0 Å². The standard InChI is InChI=1S/C17H19N3O5S2/c1-25-12-2-3-13-14(7-12)26-17(18-13)19-16(22)10-6-15(21)20(8-10)11-4-5-27(23,24)9-11/h2-3,7,10-11H,4-6,8-9H2,1H3,(H,18,19,22)/t10-,11+/m1/s1. The highest BCUT2D eigenvalue weighted by molar-refractivity contribution is 7.91. The number of methoxy groups -OCH3 is 1. The Labute approximate surface area is 160 Å². The van der Waals surface area contributed by atoms with Crippen LogP contribution in [0, 0.1) is 5.92 Å². The zero-order chi connectivity index (χ0) is 19.2. The Morgan fingerprint density at radius 2 is 2.22 bits per heavy atom. The molecular formula is C17H19N3O5S2. The molecule has 0 bridgehead atoms. The Morgan fingerprint density at radius 3 is 2.93 bits per heavy atom. The van der Waals surface area contributed by atoms with E-state index in [0.717, 1.165) is 10.2 Å². The van der Waals surface area contributed by atoms with E-state index in [0.29, 0.717) is 17.3 Å². The van der Waals surface area contributed by atoms with Gasteiger partial charge in [-0.3, -0.25) is 9.59 Å². The largest absolute Gasteiger partial charge is 0.497 e. The number of thiazole rings is 1. The van der Waals surface area contributed by atoms with Gasteiger partial charge in [0.1, 0.15) is 5.75 Å². The van der Waals surface area contributed by atoms with Crippen LogP contribution in [0.3, 0.4) is 0 Å². The summed E-state index contributed by atoms with van der Waals surface area (Å²) in [5.74, 6) is -0.112. The van der Waals surface area contributed by atoms with Gasteiger partial charge in [0.2, 0.25) is 11.8 Å². The third-order valence-corrected chi connectivity index (χ3v) is 7.69. The summed E-state index contributed by atoms with van der Waals surface area (Å²) in [5, 5.41) is 3.26. The fourth-order valence-electron chi connectivity index (χ4n) is 3.57. The maximum absolute atomic E-state index is 12.6. The Bertz CT molecular complexity index is 1020. The number of aromatic nitrogens is 1. The first-order valence-electron chi connectivity index (χ1n) is 8.60. The van der Waals surface area contributed by atoms with Crippen LogP contribution in [0.2, 0.25) is 0 Å². The maximum atomic E-state index is 12.6. The van der Waals surface area contributed by atoms with Crippen molar-refractivity contribution in [2.45, 2.75) is 18.9 Å². The summed E-state index contributed by atoms with van der Waals surface area (Å²) in [7, 11) is -1.49. The summed E-state index contributed by atoms with van der Waals surface area (Å²) < 4.78 is 29.4. The summed E-state index contributed by atoms with van der Waals surface area (Å²) >= 11 is 1.34. The van der Waals surface area contributed by atoms with Gasteiger partial charge in [0.05, 0.1) is 34.8 Å². The average Bonchev–Trinajstić information content (AvgIpc) is 3.30. The Kier molecular flexibility index (Phi) is 4.55.